The lowest BCUT2D eigenvalue weighted by atomic mass is 9.89. The molecule has 0 saturated heterocycles. The third-order valence-electron chi connectivity index (χ3n) is 4.23. The van der Waals surface area contributed by atoms with Crippen molar-refractivity contribution in [3.8, 4) is 16.9 Å². The van der Waals surface area contributed by atoms with E-state index in [1.807, 2.05) is 56.3 Å². The van der Waals surface area contributed by atoms with E-state index in [4.69, 9.17) is 16.3 Å². The van der Waals surface area contributed by atoms with Crippen LogP contribution in [0.2, 0.25) is 0 Å². The summed E-state index contributed by atoms with van der Waals surface area (Å²) in [5, 5.41) is 0. The zero-order valence-corrected chi connectivity index (χ0v) is 15.6. The largest absolute Gasteiger partial charge is 0.463 e. The molecule has 5 heteroatoms. The van der Waals surface area contributed by atoms with Crippen LogP contribution in [0.25, 0.3) is 11.1 Å². The van der Waals surface area contributed by atoms with Crippen molar-refractivity contribution in [1.29, 1.82) is 0 Å². The molecular weight excluding hydrogens is 348 g/mol. The number of nitrogens with zero attached hydrogens (tertiary/aromatic N) is 2. The van der Waals surface area contributed by atoms with Gasteiger partial charge in [0.15, 0.2) is 0 Å². The molecule has 1 unspecified atom stereocenters. The number of Topliss-reactive ketones (excluding diaryl/α,β-unsaturated/α-hetero) is 1. The molecule has 1 heterocycles. The normalized spacial score (nSPS) is 12.6. The fourth-order valence-corrected chi connectivity index (χ4v) is 2.68. The van der Waals surface area contributed by atoms with Crippen molar-refractivity contribution in [2.45, 2.75) is 20.1 Å². The van der Waals surface area contributed by atoms with Crippen LogP contribution in [0.5, 0.6) is 5.75 Å². The fourth-order valence-electron chi connectivity index (χ4n) is 2.54. The van der Waals surface area contributed by atoms with Gasteiger partial charge < -0.3 is 4.74 Å². The van der Waals surface area contributed by atoms with Crippen molar-refractivity contribution in [2.75, 3.05) is 5.88 Å². The summed E-state index contributed by atoms with van der Waals surface area (Å²) in [6, 6.07) is 17.8. The Morgan fingerprint density at radius 1 is 1.12 bits per heavy atom. The van der Waals surface area contributed by atoms with Crippen LogP contribution in [0.3, 0.4) is 0 Å². The summed E-state index contributed by atoms with van der Waals surface area (Å²) in [4.78, 5) is 17.0. The Labute approximate surface area is 158 Å². The number of carbonyl (C=O) groups is 1. The second-order valence-electron chi connectivity index (χ2n) is 6.75. The average Bonchev–Trinajstić information content (AvgIpc) is 3.21. The molecule has 26 heavy (non-hydrogen) atoms. The minimum Gasteiger partial charge on any atom is -0.463 e. The third kappa shape index (κ3) is 3.97. The zero-order chi connectivity index (χ0) is 18.6. The van der Waals surface area contributed by atoms with Crippen LogP contribution in [0, 0.1) is 5.41 Å². The van der Waals surface area contributed by atoms with Gasteiger partial charge in [-0.25, -0.2) is 4.98 Å². The number of hydrogen-bond donors (Lipinski definition) is 0. The van der Waals surface area contributed by atoms with Crippen molar-refractivity contribution < 1.29 is 9.53 Å². The number of imidazole rings is 1. The maximum Gasteiger partial charge on any atom is 0.236 e. The Hall–Kier alpha value is -2.59. The quantitative estimate of drug-likeness (QED) is 0.553. The van der Waals surface area contributed by atoms with E-state index in [-0.39, 0.29) is 11.7 Å². The number of ketones is 1. The Kier molecular flexibility index (Phi) is 5.43. The van der Waals surface area contributed by atoms with Gasteiger partial charge in [0.1, 0.15) is 5.75 Å². The molecule has 0 fully saturated rings. The van der Waals surface area contributed by atoms with Crippen LogP contribution in [-0.2, 0) is 4.79 Å². The van der Waals surface area contributed by atoms with Crippen molar-refractivity contribution in [3.63, 3.8) is 0 Å². The second kappa shape index (κ2) is 7.75. The lowest BCUT2D eigenvalue weighted by Crippen LogP contribution is -2.36. The van der Waals surface area contributed by atoms with Crippen LogP contribution in [0.1, 0.15) is 20.1 Å². The molecule has 0 saturated carbocycles. The summed E-state index contributed by atoms with van der Waals surface area (Å²) >= 11 is 5.98. The summed E-state index contributed by atoms with van der Waals surface area (Å²) in [6.07, 6.45) is 4.10. The van der Waals surface area contributed by atoms with Gasteiger partial charge in [-0.2, -0.15) is 0 Å². The summed E-state index contributed by atoms with van der Waals surface area (Å²) in [5.74, 6) is 0.729. The standard InChI is InChI=1S/C21H21ClN2O2/c1-21(2,14-22)19(25)20(24-13-12-23-15-24)26-18-10-8-17(9-11-18)16-6-4-3-5-7-16/h3-13,15,20H,14H2,1-2H3. The Morgan fingerprint density at radius 3 is 2.35 bits per heavy atom. The van der Waals surface area contributed by atoms with Crippen LogP contribution in [0.4, 0.5) is 0 Å². The molecule has 134 valence electrons. The number of ether oxygens (including phenoxy) is 1. The first kappa shape index (κ1) is 18.2. The van der Waals surface area contributed by atoms with Crippen molar-refractivity contribution >= 4 is 17.4 Å². The maximum absolute atomic E-state index is 12.9. The van der Waals surface area contributed by atoms with E-state index in [1.165, 1.54) is 0 Å². The van der Waals surface area contributed by atoms with Crippen LogP contribution in [-0.4, -0.2) is 21.2 Å². The molecule has 3 aromatic rings. The monoisotopic (exact) mass is 368 g/mol. The molecule has 0 spiro atoms. The smallest absolute Gasteiger partial charge is 0.236 e. The average molecular weight is 369 g/mol. The molecule has 0 aliphatic heterocycles. The van der Waals surface area contributed by atoms with Gasteiger partial charge >= 0.3 is 0 Å². The van der Waals surface area contributed by atoms with Crippen LogP contribution < -0.4 is 4.74 Å². The topological polar surface area (TPSA) is 44.1 Å². The van der Waals surface area contributed by atoms with Gasteiger partial charge in [-0.3, -0.25) is 9.36 Å². The summed E-state index contributed by atoms with van der Waals surface area (Å²) in [7, 11) is 0. The van der Waals surface area contributed by atoms with E-state index in [0.29, 0.717) is 5.75 Å². The van der Waals surface area contributed by atoms with E-state index >= 15 is 0 Å². The number of carbonyl (C=O) groups excluding carboxylic acids is 1. The highest BCUT2D eigenvalue weighted by Gasteiger charge is 2.35. The molecule has 3 rings (SSSR count). The fraction of sp³-hybridized carbons (Fsp3) is 0.238. The summed E-state index contributed by atoms with van der Waals surface area (Å²) in [6.45, 7) is 3.63. The molecule has 0 bridgehead atoms. The second-order valence-corrected chi connectivity index (χ2v) is 7.02. The van der Waals surface area contributed by atoms with Gasteiger partial charge in [0, 0.05) is 23.7 Å². The van der Waals surface area contributed by atoms with Crippen molar-refractivity contribution in [3.05, 3.63) is 73.3 Å². The van der Waals surface area contributed by atoms with Crippen molar-refractivity contribution in [1.82, 2.24) is 9.55 Å². The first-order chi connectivity index (χ1) is 12.5. The Bertz CT molecular complexity index is 843. The lowest BCUT2D eigenvalue weighted by molar-refractivity contribution is -0.137. The van der Waals surface area contributed by atoms with Gasteiger partial charge in [-0.05, 0) is 23.3 Å². The van der Waals surface area contributed by atoms with Crippen LogP contribution >= 0.6 is 11.6 Å². The highest BCUT2D eigenvalue weighted by atomic mass is 35.5. The molecule has 0 aliphatic rings. The number of halogens is 1. The summed E-state index contributed by atoms with van der Waals surface area (Å²) < 4.78 is 7.67. The first-order valence-corrected chi connectivity index (χ1v) is 8.94. The molecule has 0 amide bonds. The number of aromatic nitrogens is 2. The highest BCUT2D eigenvalue weighted by Crippen LogP contribution is 2.29. The molecule has 1 atom stereocenters. The Morgan fingerprint density at radius 2 is 1.77 bits per heavy atom. The Balaban J connectivity index is 1.84. The van der Waals surface area contributed by atoms with Crippen LogP contribution in [0.15, 0.2) is 73.3 Å². The van der Waals surface area contributed by atoms with Gasteiger partial charge in [0.05, 0.1) is 6.33 Å². The molecule has 0 radical (unpaired) electrons. The van der Waals surface area contributed by atoms with E-state index < -0.39 is 11.6 Å². The zero-order valence-electron chi connectivity index (χ0n) is 14.8. The van der Waals surface area contributed by atoms with E-state index in [1.54, 1.807) is 23.3 Å². The molecule has 1 aromatic heterocycles. The third-order valence-corrected chi connectivity index (χ3v) is 4.90. The molecule has 2 aromatic carbocycles. The number of benzene rings is 2. The van der Waals surface area contributed by atoms with Gasteiger partial charge in [-0.1, -0.05) is 56.3 Å². The predicted molar refractivity (Wildman–Crippen MR) is 103 cm³/mol. The molecule has 4 nitrogen and oxygen atoms in total. The minimum absolute atomic E-state index is 0.0994. The van der Waals surface area contributed by atoms with Gasteiger partial charge in [0.25, 0.3) is 0 Å². The number of hydrogen-bond acceptors (Lipinski definition) is 3. The number of rotatable bonds is 7. The van der Waals surface area contributed by atoms with Gasteiger partial charge in [-0.15, -0.1) is 11.6 Å². The molecule has 0 aliphatic carbocycles. The molecular formula is C21H21ClN2O2. The summed E-state index contributed by atoms with van der Waals surface area (Å²) in [5.41, 5.74) is 1.51. The SMILES string of the molecule is CC(C)(CCl)C(=O)C(Oc1ccc(-c2ccccc2)cc1)n1ccnc1. The minimum atomic E-state index is -0.811. The predicted octanol–water partition coefficient (Wildman–Crippen LogP) is 4.96. The number of alkyl halides is 1. The highest BCUT2D eigenvalue weighted by molar-refractivity contribution is 6.20. The van der Waals surface area contributed by atoms with Crippen molar-refractivity contribution in [2.24, 2.45) is 5.41 Å². The van der Waals surface area contributed by atoms with E-state index in [0.717, 1.165) is 11.1 Å². The molecule has 0 N–H and O–H groups in total. The van der Waals surface area contributed by atoms with E-state index in [2.05, 4.69) is 17.1 Å². The first-order valence-electron chi connectivity index (χ1n) is 8.41. The van der Waals surface area contributed by atoms with E-state index in [9.17, 15) is 4.79 Å². The maximum atomic E-state index is 12.9. The lowest BCUT2D eigenvalue weighted by Gasteiger charge is -2.27. The van der Waals surface area contributed by atoms with Gasteiger partial charge in [0.2, 0.25) is 12.0 Å².